The Morgan fingerprint density at radius 3 is 2.31 bits per heavy atom. The molecule has 3 atom stereocenters. The highest BCUT2D eigenvalue weighted by molar-refractivity contribution is 5.08. The van der Waals surface area contributed by atoms with Gasteiger partial charge in [0.2, 0.25) is 0 Å². The molecule has 92 valence electrons. The van der Waals surface area contributed by atoms with Crippen molar-refractivity contribution in [3.63, 3.8) is 0 Å². The largest absolute Gasteiger partial charge is 0.352 e. The second-order valence-corrected chi connectivity index (χ2v) is 5.77. The second kappa shape index (κ2) is 4.89. The summed E-state index contributed by atoms with van der Waals surface area (Å²) in [6, 6.07) is 0. The zero-order valence-electron chi connectivity index (χ0n) is 10.9. The molecule has 0 aromatic carbocycles. The number of ether oxygens (including phenoxy) is 2. The lowest BCUT2D eigenvalue weighted by atomic mass is 9.74. The zero-order valence-corrected chi connectivity index (χ0v) is 10.9. The summed E-state index contributed by atoms with van der Waals surface area (Å²) >= 11 is 0. The molecule has 2 nitrogen and oxygen atoms in total. The van der Waals surface area contributed by atoms with Crippen molar-refractivity contribution in [1.29, 1.82) is 0 Å². The monoisotopic (exact) mass is 224 g/mol. The minimum atomic E-state index is 0.0190. The molecule has 0 unspecified atom stereocenters. The fourth-order valence-corrected chi connectivity index (χ4v) is 3.14. The van der Waals surface area contributed by atoms with E-state index < -0.39 is 0 Å². The van der Waals surface area contributed by atoms with E-state index >= 15 is 0 Å². The molecule has 2 heteroatoms. The molecule has 2 rings (SSSR count). The predicted molar refractivity (Wildman–Crippen MR) is 65.0 cm³/mol. The van der Waals surface area contributed by atoms with Gasteiger partial charge in [0.15, 0.2) is 6.29 Å². The molecule has 0 amide bonds. The van der Waals surface area contributed by atoms with Crippen LogP contribution in [-0.2, 0) is 9.47 Å². The lowest BCUT2D eigenvalue weighted by Gasteiger charge is -2.40. The number of hydrogen-bond donors (Lipinski definition) is 0. The SMILES string of the molecule is CC1=C[C@H](C)[C@@H](C2OCC(C)CO2)[C@H](C)C1. The highest BCUT2D eigenvalue weighted by Gasteiger charge is 2.36. The molecule has 0 aromatic heterocycles. The van der Waals surface area contributed by atoms with Crippen LogP contribution >= 0.6 is 0 Å². The first-order valence-electron chi connectivity index (χ1n) is 6.48. The van der Waals surface area contributed by atoms with E-state index in [2.05, 4.69) is 33.8 Å². The van der Waals surface area contributed by atoms with Gasteiger partial charge in [0.25, 0.3) is 0 Å². The van der Waals surface area contributed by atoms with Crippen molar-refractivity contribution in [2.45, 2.75) is 40.4 Å². The highest BCUT2D eigenvalue weighted by atomic mass is 16.7. The molecule has 1 heterocycles. The van der Waals surface area contributed by atoms with E-state index in [0.717, 1.165) is 13.2 Å². The van der Waals surface area contributed by atoms with Crippen LogP contribution < -0.4 is 0 Å². The van der Waals surface area contributed by atoms with E-state index in [1.807, 2.05) is 0 Å². The Hall–Kier alpha value is -0.340. The standard InChI is InChI=1S/C14H24O2/c1-9-5-11(3)13(12(4)6-9)14-15-7-10(2)8-16-14/h5,10-14H,6-8H2,1-4H3/t10?,11-,12+,13+,14?/m0/s1. The third-order valence-electron chi connectivity index (χ3n) is 3.86. The zero-order chi connectivity index (χ0) is 11.7. The maximum atomic E-state index is 5.85. The van der Waals surface area contributed by atoms with Gasteiger partial charge < -0.3 is 9.47 Å². The first-order valence-corrected chi connectivity index (χ1v) is 6.48. The van der Waals surface area contributed by atoms with Gasteiger partial charge in [-0.2, -0.15) is 0 Å². The van der Waals surface area contributed by atoms with Crippen molar-refractivity contribution < 1.29 is 9.47 Å². The summed E-state index contributed by atoms with van der Waals surface area (Å²) in [5, 5.41) is 0. The van der Waals surface area contributed by atoms with Crippen molar-refractivity contribution in [1.82, 2.24) is 0 Å². The first-order chi connectivity index (χ1) is 7.58. The molecule has 2 aliphatic rings. The smallest absolute Gasteiger partial charge is 0.161 e. The predicted octanol–water partition coefficient (Wildman–Crippen LogP) is 3.23. The van der Waals surface area contributed by atoms with Gasteiger partial charge >= 0.3 is 0 Å². The highest BCUT2D eigenvalue weighted by Crippen LogP contribution is 2.38. The Morgan fingerprint density at radius 2 is 1.75 bits per heavy atom. The fourth-order valence-electron chi connectivity index (χ4n) is 3.14. The summed E-state index contributed by atoms with van der Waals surface area (Å²) in [6.07, 6.45) is 3.59. The van der Waals surface area contributed by atoms with Crippen LogP contribution in [0.2, 0.25) is 0 Å². The Labute approximate surface area is 99.0 Å². The van der Waals surface area contributed by atoms with Gasteiger partial charge in [0.1, 0.15) is 0 Å². The Balaban J connectivity index is 2.03. The first kappa shape index (κ1) is 12.1. The Kier molecular flexibility index (Phi) is 3.70. The van der Waals surface area contributed by atoms with Gasteiger partial charge in [-0.25, -0.2) is 0 Å². The van der Waals surface area contributed by atoms with Gasteiger partial charge in [0.05, 0.1) is 13.2 Å². The van der Waals surface area contributed by atoms with Crippen molar-refractivity contribution in [2.75, 3.05) is 13.2 Å². The summed E-state index contributed by atoms with van der Waals surface area (Å²) in [7, 11) is 0. The van der Waals surface area contributed by atoms with Gasteiger partial charge in [-0.1, -0.05) is 32.4 Å². The molecule has 1 aliphatic heterocycles. The van der Waals surface area contributed by atoms with E-state index in [1.165, 1.54) is 12.0 Å². The van der Waals surface area contributed by atoms with Crippen molar-refractivity contribution >= 4 is 0 Å². The lowest BCUT2D eigenvalue weighted by Crippen LogP contribution is -2.42. The molecule has 0 saturated carbocycles. The maximum absolute atomic E-state index is 5.85. The molecule has 1 fully saturated rings. The van der Waals surface area contributed by atoms with E-state index in [0.29, 0.717) is 23.7 Å². The lowest BCUT2D eigenvalue weighted by molar-refractivity contribution is -0.235. The third-order valence-corrected chi connectivity index (χ3v) is 3.86. The van der Waals surface area contributed by atoms with Crippen molar-refractivity contribution in [2.24, 2.45) is 23.7 Å². The van der Waals surface area contributed by atoms with E-state index in [1.54, 1.807) is 0 Å². The van der Waals surface area contributed by atoms with Crippen LogP contribution in [0.5, 0.6) is 0 Å². The third kappa shape index (κ3) is 2.49. The Morgan fingerprint density at radius 1 is 1.12 bits per heavy atom. The van der Waals surface area contributed by atoms with Crippen LogP contribution in [-0.4, -0.2) is 19.5 Å². The molecular formula is C14H24O2. The summed E-state index contributed by atoms with van der Waals surface area (Å²) in [5.74, 6) is 2.31. The normalized spacial score (nSPS) is 45.2. The molecular weight excluding hydrogens is 200 g/mol. The minimum Gasteiger partial charge on any atom is -0.352 e. The minimum absolute atomic E-state index is 0.0190. The van der Waals surface area contributed by atoms with E-state index in [-0.39, 0.29) is 6.29 Å². The quantitative estimate of drug-likeness (QED) is 0.637. The molecule has 0 radical (unpaired) electrons. The fraction of sp³-hybridized carbons (Fsp3) is 0.857. The molecule has 0 aromatic rings. The average molecular weight is 224 g/mol. The number of hydrogen-bond acceptors (Lipinski definition) is 2. The number of rotatable bonds is 1. The summed E-state index contributed by atoms with van der Waals surface area (Å²) in [4.78, 5) is 0. The van der Waals surface area contributed by atoms with Crippen molar-refractivity contribution in [3.8, 4) is 0 Å². The van der Waals surface area contributed by atoms with Crippen LogP contribution in [0.15, 0.2) is 11.6 Å². The maximum Gasteiger partial charge on any atom is 0.161 e. The van der Waals surface area contributed by atoms with Crippen molar-refractivity contribution in [3.05, 3.63) is 11.6 Å². The van der Waals surface area contributed by atoms with Crippen LogP contribution in [0.4, 0.5) is 0 Å². The van der Waals surface area contributed by atoms with Gasteiger partial charge in [0, 0.05) is 11.8 Å². The summed E-state index contributed by atoms with van der Waals surface area (Å²) < 4.78 is 11.7. The molecule has 0 N–H and O–H groups in total. The second-order valence-electron chi connectivity index (χ2n) is 5.77. The molecule has 0 spiro atoms. The molecule has 1 saturated heterocycles. The van der Waals surface area contributed by atoms with Gasteiger partial charge in [-0.15, -0.1) is 0 Å². The van der Waals surface area contributed by atoms with Crippen LogP contribution in [0.1, 0.15) is 34.1 Å². The molecule has 1 aliphatic carbocycles. The number of allylic oxidation sites excluding steroid dienone is 2. The van der Waals surface area contributed by atoms with Crippen LogP contribution in [0, 0.1) is 23.7 Å². The van der Waals surface area contributed by atoms with Gasteiger partial charge in [-0.3, -0.25) is 0 Å². The van der Waals surface area contributed by atoms with Gasteiger partial charge in [-0.05, 0) is 25.2 Å². The molecule has 16 heavy (non-hydrogen) atoms. The average Bonchev–Trinajstić information content (AvgIpc) is 2.19. The Bertz CT molecular complexity index is 264. The van der Waals surface area contributed by atoms with E-state index in [4.69, 9.17) is 9.47 Å². The summed E-state index contributed by atoms with van der Waals surface area (Å²) in [6.45, 7) is 10.7. The summed E-state index contributed by atoms with van der Waals surface area (Å²) in [5.41, 5.74) is 1.51. The van der Waals surface area contributed by atoms with Crippen LogP contribution in [0.3, 0.4) is 0 Å². The van der Waals surface area contributed by atoms with E-state index in [9.17, 15) is 0 Å². The molecule has 0 bridgehead atoms. The van der Waals surface area contributed by atoms with Crippen LogP contribution in [0.25, 0.3) is 0 Å². The topological polar surface area (TPSA) is 18.5 Å².